The van der Waals surface area contributed by atoms with E-state index in [1.807, 2.05) is 12.2 Å². The molecular formula is C16H22ClNO2. The minimum Gasteiger partial charge on any atom is -0.496 e. The molecule has 1 N–H and O–H groups in total. The van der Waals surface area contributed by atoms with Gasteiger partial charge in [0, 0.05) is 30.2 Å². The lowest BCUT2D eigenvalue weighted by molar-refractivity contribution is 0.145. The predicted molar refractivity (Wildman–Crippen MR) is 84.4 cm³/mol. The van der Waals surface area contributed by atoms with E-state index in [1.165, 1.54) is 0 Å². The summed E-state index contributed by atoms with van der Waals surface area (Å²) in [6.45, 7) is 9.75. The van der Waals surface area contributed by atoms with Crippen molar-refractivity contribution in [1.82, 2.24) is 4.90 Å². The van der Waals surface area contributed by atoms with Gasteiger partial charge in [-0.25, -0.2) is 0 Å². The van der Waals surface area contributed by atoms with Crippen molar-refractivity contribution in [1.29, 1.82) is 0 Å². The van der Waals surface area contributed by atoms with Crippen molar-refractivity contribution in [3.8, 4) is 5.75 Å². The first-order chi connectivity index (χ1) is 9.62. The number of rotatable bonds is 9. The topological polar surface area (TPSA) is 32.7 Å². The summed E-state index contributed by atoms with van der Waals surface area (Å²) in [5.74, 6) is 0.654. The summed E-state index contributed by atoms with van der Waals surface area (Å²) in [7, 11) is 1.58. The van der Waals surface area contributed by atoms with Crippen LogP contribution in [0.5, 0.6) is 5.75 Å². The number of aliphatic hydroxyl groups is 1. The lowest BCUT2D eigenvalue weighted by atomic mass is 10.1. The molecular weight excluding hydrogens is 274 g/mol. The summed E-state index contributed by atoms with van der Waals surface area (Å²) in [6.07, 6.45) is 3.67. The Morgan fingerprint density at radius 2 is 2.00 bits per heavy atom. The zero-order valence-electron chi connectivity index (χ0n) is 11.9. The highest BCUT2D eigenvalue weighted by Crippen LogP contribution is 2.30. The molecule has 1 rings (SSSR count). The Kier molecular flexibility index (Phi) is 7.37. The zero-order valence-corrected chi connectivity index (χ0v) is 12.6. The Bertz CT molecular complexity index is 438. The molecule has 1 aromatic rings. The third-order valence-electron chi connectivity index (χ3n) is 3.04. The van der Waals surface area contributed by atoms with E-state index < -0.39 is 6.10 Å². The summed E-state index contributed by atoms with van der Waals surface area (Å²) in [6, 6.07) is 5.26. The molecule has 110 valence electrons. The zero-order chi connectivity index (χ0) is 15.0. The van der Waals surface area contributed by atoms with E-state index in [9.17, 15) is 5.11 Å². The van der Waals surface area contributed by atoms with Gasteiger partial charge < -0.3 is 9.84 Å². The molecule has 0 aromatic heterocycles. The molecule has 3 nitrogen and oxygen atoms in total. The van der Waals surface area contributed by atoms with E-state index in [1.54, 1.807) is 25.3 Å². The number of halogens is 1. The third kappa shape index (κ3) is 5.00. The molecule has 0 aliphatic carbocycles. The van der Waals surface area contributed by atoms with Crippen LogP contribution in [0.3, 0.4) is 0 Å². The number of hydrogen-bond acceptors (Lipinski definition) is 3. The summed E-state index contributed by atoms with van der Waals surface area (Å²) >= 11 is 5.98. The van der Waals surface area contributed by atoms with Gasteiger partial charge in [-0.1, -0.05) is 23.8 Å². The Balaban J connectivity index is 2.70. The summed E-state index contributed by atoms with van der Waals surface area (Å²) < 4.78 is 5.26. The smallest absolute Gasteiger partial charge is 0.124 e. The van der Waals surface area contributed by atoms with E-state index in [-0.39, 0.29) is 0 Å². The van der Waals surface area contributed by atoms with Gasteiger partial charge in [0.05, 0.1) is 13.2 Å². The number of hydrogen-bond donors (Lipinski definition) is 1. The minimum atomic E-state index is -0.610. The Hall–Kier alpha value is -1.29. The summed E-state index contributed by atoms with van der Waals surface area (Å²) in [4.78, 5) is 2.15. The molecule has 0 fully saturated rings. The molecule has 1 atom stereocenters. The van der Waals surface area contributed by atoms with Crippen LogP contribution < -0.4 is 4.74 Å². The number of benzene rings is 1. The van der Waals surface area contributed by atoms with Crippen LogP contribution in [-0.4, -0.2) is 36.8 Å². The van der Waals surface area contributed by atoms with E-state index in [4.69, 9.17) is 16.3 Å². The van der Waals surface area contributed by atoms with Gasteiger partial charge in [-0.15, -0.1) is 13.2 Å². The molecule has 0 saturated heterocycles. The molecule has 1 aromatic carbocycles. The SMILES string of the molecule is C=CCN(CC=C)CCC(O)c1cc(Cl)ccc1OC. The molecule has 0 bridgehead atoms. The van der Waals surface area contributed by atoms with Crippen molar-refractivity contribution < 1.29 is 9.84 Å². The molecule has 0 amide bonds. The highest BCUT2D eigenvalue weighted by molar-refractivity contribution is 6.30. The first kappa shape index (κ1) is 16.8. The summed E-state index contributed by atoms with van der Waals surface area (Å²) in [5.41, 5.74) is 0.720. The molecule has 0 heterocycles. The van der Waals surface area contributed by atoms with Crippen LogP contribution >= 0.6 is 11.6 Å². The predicted octanol–water partition coefficient (Wildman–Crippen LogP) is 3.45. The number of ether oxygens (including phenoxy) is 1. The Morgan fingerprint density at radius 3 is 2.55 bits per heavy atom. The largest absolute Gasteiger partial charge is 0.496 e. The molecule has 0 aliphatic rings. The Morgan fingerprint density at radius 1 is 1.35 bits per heavy atom. The first-order valence-corrected chi connectivity index (χ1v) is 6.95. The molecule has 1 unspecified atom stereocenters. The van der Waals surface area contributed by atoms with E-state index in [0.717, 1.165) is 25.2 Å². The quantitative estimate of drug-likeness (QED) is 0.708. The van der Waals surface area contributed by atoms with Gasteiger partial charge in [0.1, 0.15) is 5.75 Å². The minimum absolute atomic E-state index is 0.592. The van der Waals surface area contributed by atoms with E-state index in [2.05, 4.69) is 18.1 Å². The van der Waals surface area contributed by atoms with Crippen LogP contribution in [0.15, 0.2) is 43.5 Å². The Labute approximate surface area is 126 Å². The average Bonchev–Trinajstić information content (AvgIpc) is 2.45. The average molecular weight is 296 g/mol. The fraction of sp³-hybridized carbons (Fsp3) is 0.375. The number of aliphatic hydroxyl groups excluding tert-OH is 1. The fourth-order valence-electron chi connectivity index (χ4n) is 2.05. The van der Waals surface area contributed by atoms with Crippen LogP contribution in [0.25, 0.3) is 0 Å². The molecule has 4 heteroatoms. The second-order valence-corrected chi connectivity index (χ2v) is 4.96. The third-order valence-corrected chi connectivity index (χ3v) is 3.28. The fourth-order valence-corrected chi connectivity index (χ4v) is 2.23. The van der Waals surface area contributed by atoms with E-state index in [0.29, 0.717) is 17.2 Å². The van der Waals surface area contributed by atoms with Gasteiger partial charge in [-0.3, -0.25) is 4.90 Å². The highest BCUT2D eigenvalue weighted by atomic mass is 35.5. The van der Waals surface area contributed by atoms with Gasteiger partial charge in [-0.05, 0) is 24.6 Å². The van der Waals surface area contributed by atoms with Gasteiger partial charge in [0.2, 0.25) is 0 Å². The maximum absolute atomic E-state index is 10.3. The summed E-state index contributed by atoms with van der Waals surface area (Å²) in [5, 5.41) is 10.9. The van der Waals surface area contributed by atoms with Crippen LogP contribution in [0, 0.1) is 0 Å². The number of methoxy groups -OCH3 is 1. The van der Waals surface area contributed by atoms with Gasteiger partial charge in [-0.2, -0.15) is 0 Å². The first-order valence-electron chi connectivity index (χ1n) is 6.58. The van der Waals surface area contributed by atoms with Crippen molar-refractivity contribution >= 4 is 11.6 Å². The molecule has 0 radical (unpaired) electrons. The van der Waals surface area contributed by atoms with Gasteiger partial charge in [0.25, 0.3) is 0 Å². The lowest BCUT2D eigenvalue weighted by Gasteiger charge is -2.21. The van der Waals surface area contributed by atoms with Gasteiger partial charge >= 0.3 is 0 Å². The van der Waals surface area contributed by atoms with Crippen molar-refractivity contribution in [2.75, 3.05) is 26.7 Å². The van der Waals surface area contributed by atoms with Crippen molar-refractivity contribution in [3.05, 3.63) is 54.1 Å². The normalized spacial score (nSPS) is 12.2. The van der Waals surface area contributed by atoms with Crippen LogP contribution in [-0.2, 0) is 0 Å². The lowest BCUT2D eigenvalue weighted by Crippen LogP contribution is -2.26. The molecule has 0 aliphatic heterocycles. The number of nitrogens with zero attached hydrogens (tertiary/aromatic N) is 1. The molecule has 0 spiro atoms. The van der Waals surface area contributed by atoms with E-state index >= 15 is 0 Å². The highest BCUT2D eigenvalue weighted by Gasteiger charge is 2.15. The van der Waals surface area contributed by atoms with Crippen molar-refractivity contribution in [2.45, 2.75) is 12.5 Å². The maximum Gasteiger partial charge on any atom is 0.124 e. The standard InChI is InChI=1S/C16H22ClNO2/c1-4-9-18(10-5-2)11-8-15(19)14-12-13(17)6-7-16(14)20-3/h4-7,12,15,19H,1-2,8-11H2,3H3. The van der Waals surface area contributed by atoms with Crippen molar-refractivity contribution in [2.24, 2.45) is 0 Å². The second-order valence-electron chi connectivity index (χ2n) is 4.53. The van der Waals surface area contributed by atoms with Crippen LogP contribution in [0.4, 0.5) is 0 Å². The van der Waals surface area contributed by atoms with Crippen molar-refractivity contribution in [3.63, 3.8) is 0 Å². The molecule has 0 saturated carbocycles. The van der Waals surface area contributed by atoms with Gasteiger partial charge in [0.15, 0.2) is 0 Å². The monoisotopic (exact) mass is 295 g/mol. The second kappa shape index (κ2) is 8.80. The van der Waals surface area contributed by atoms with Crippen LogP contribution in [0.2, 0.25) is 5.02 Å². The van der Waals surface area contributed by atoms with Crippen LogP contribution in [0.1, 0.15) is 18.1 Å². The maximum atomic E-state index is 10.3. The molecule has 20 heavy (non-hydrogen) atoms.